The molecule has 0 unspecified atom stereocenters. The molecular formula is C23H23FN2O4S2. The molecule has 0 aliphatic heterocycles. The van der Waals surface area contributed by atoms with Crippen LogP contribution in [0.4, 0.5) is 15.8 Å². The SMILES string of the molecule is COc1ccc(C)cc1S(=O)(=O)N(CC(=O)Nc1cccc(SC)c1)c1ccc(F)cc1. The summed E-state index contributed by atoms with van der Waals surface area (Å²) in [7, 11) is -2.84. The maximum Gasteiger partial charge on any atom is 0.268 e. The number of carbonyl (C=O) groups excluding carboxylic acids is 1. The molecular weight excluding hydrogens is 451 g/mol. The summed E-state index contributed by atoms with van der Waals surface area (Å²) in [4.78, 5) is 13.7. The number of hydrogen-bond acceptors (Lipinski definition) is 5. The van der Waals surface area contributed by atoms with Gasteiger partial charge in [-0.05, 0) is 73.3 Å². The van der Waals surface area contributed by atoms with E-state index in [0.717, 1.165) is 21.3 Å². The van der Waals surface area contributed by atoms with E-state index in [4.69, 9.17) is 4.74 Å². The van der Waals surface area contributed by atoms with Gasteiger partial charge in [0.05, 0.1) is 12.8 Å². The average molecular weight is 475 g/mol. The molecule has 0 spiro atoms. The molecule has 0 radical (unpaired) electrons. The minimum Gasteiger partial charge on any atom is -0.495 e. The summed E-state index contributed by atoms with van der Waals surface area (Å²) in [6.07, 6.45) is 1.92. The van der Waals surface area contributed by atoms with Gasteiger partial charge in [0, 0.05) is 10.6 Å². The lowest BCUT2D eigenvalue weighted by atomic mass is 10.2. The van der Waals surface area contributed by atoms with E-state index in [2.05, 4.69) is 5.32 Å². The molecule has 0 saturated heterocycles. The fourth-order valence-corrected chi connectivity index (χ4v) is 5.18. The Morgan fingerprint density at radius 2 is 1.81 bits per heavy atom. The van der Waals surface area contributed by atoms with Gasteiger partial charge in [-0.15, -0.1) is 11.8 Å². The second-order valence-electron chi connectivity index (χ2n) is 6.92. The fourth-order valence-electron chi connectivity index (χ4n) is 3.06. The topological polar surface area (TPSA) is 75.7 Å². The van der Waals surface area contributed by atoms with Gasteiger partial charge in [-0.1, -0.05) is 12.1 Å². The normalized spacial score (nSPS) is 11.1. The summed E-state index contributed by atoms with van der Waals surface area (Å²) in [5, 5.41) is 2.73. The van der Waals surface area contributed by atoms with Crippen LogP contribution in [0.1, 0.15) is 5.56 Å². The number of amides is 1. The van der Waals surface area contributed by atoms with Crippen LogP contribution in [0, 0.1) is 12.7 Å². The Kier molecular flexibility index (Phi) is 7.42. The van der Waals surface area contributed by atoms with Gasteiger partial charge in [-0.2, -0.15) is 0 Å². The Balaban J connectivity index is 2.00. The number of thioether (sulfide) groups is 1. The minimum atomic E-state index is -4.21. The highest BCUT2D eigenvalue weighted by Crippen LogP contribution is 2.31. The summed E-state index contributed by atoms with van der Waals surface area (Å²) in [6, 6.07) is 16.9. The van der Waals surface area contributed by atoms with Crippen LogP contribution in [0.5, 0.6) is 5.75 Å². The highest BCUT2D eigenvalue weighted by atomic mass is 32.2. The minimum absolute atomic E-state index is 0.0819. The summed E-state index contributed by atoms with van der Waals surface area (Å²) in [5.41, 5.74) is 1.41. The molecule has 9 heteroatoms. The van der Waals surface area contributed by atoms with E-state index in [-0.39, 0.29) is 16.3 Å². The Hall–Kier alpha value is -3.04. The summed E-state index contributed by atoms with van der Waals surface area (Å²) < 4.78 is 46.9. The zero-order valence-corrected chi connectivity index (χ0v) is 19.5. The van der Waals surface area contributed by atoms with Crippen molar-refractivity contribution in [3.05, 3.63) is 78.1 Å². The number of halogens is 1. The molecule has 3 rings (SSSR count). The van der Waals surface area contributed by atoms with Gasteiger partial charge < -0.3 is 10.1 Å². The quantitative estimate of drug-likeness (QED) is 0.479. The third-order valence-corrected chi connectivity index (χ3v) is 7.16. The monoisotopic (exact) mass is 474 g/mol. The Morgan fingerprint density at radius 1 is 1.09 bits per heavy atom. The number of hydrogen-bond donors (Lipinski definition) is 1. The van der Waals surface area contributed by atoms with E-state index in [1.165, 1.54) is 37.1 Å². The number of sulfonamides is 1. The first-order chi connectivity index (χ1) is 15.2. The van der Waals surface area contributed by atoms with Crippen molar-refractivity contribution in [1.29, 1.82) is 0 Å². The van der Waals surface area contributed by atoms with Crippen LogP contribution in [0.25, 0.3) is 0 Å². The predicted octanol–water partition coefficient (Wildman–Crippen LogP) is 4.70. The molecule has 6 nitrogen and oxygen atoms in total. The first kappa shape index (κ1) is 23.6. The predicted molar refractivity (Wildman–Crippen MR) is 126 cm³/mol. The van der Waals surface area contributed by atoms with E-state index >= 15 is 0 Å². The van der Waals surface area contributed by atoms with E-state index < -0.39 is 28.3 Å². The smallest absolute Gasteiger partial charge is 0.268 e. The van der Waals surface area contributed by atoms with Crippen molar-refractivity contribution in [2.75, 3.05) is 29.5 Å². The molecule has 1 N–H and O–H groups in total. The van der Waals surface area contributed by atoms with Gasteiger partial charge in [-0.3, -0.25) is 9.10 Å². The van der Waals surface area contributed by atoms with Gasteiger partial charge in [0.25, 0.3) is 10.0 Å². The van der Waals surface area contributed by atoms with E-state index in [9.17, 15) is 17.6 Å². The van der Waals surface area contributed by atoms with E-state index in [0.29, 0.717) is 11.3 Å². The molecule has 0 saturated carbocycles. The standard InChI is InChI=1S/C23H23FN2O4S2/c1-16-7-12-21(30-2)22(13-16)32(28,29)26(19-10-8-17(24)9-11-19)15-23(27)25-18-5-4-6-20(14-18)31-3/h4-14H,15H2,1-3H3,(H,25,27). The van der Waals surface area contributed by atoms with Gasteiger partial charge >= 0.3 is 0 Å². The van der Waals surface area contributed by atoms with Crippen molar-refractivity contribution < 1.29 is 22.3 Å². The summed E-state index contributed by atoms with van der Waals surface area (Å²) in [5.74, 6) is -0.906. The zero-order chi connectivity index (χ0) is 23.3. The lowest BCUT2D eigenvalue weighted by Crippen LogP contribution is -2.38. The van der Waals surface area contributed by atoms with Crippen molar-refractivity contribution in [1.82, 2.24) is 0 Å². The zero-order valence-electron chi connectivity index (χ0n) is 17.8. The van der Waals surface area contributed by atoms with Crippen molar-refractivity contribution in [2.24, 2.45) is 0 Å². The molecule has 0 aliphatic carbocycles. The Bertz CT molecular complexity index is 1210. The van der Waals surface area contributed by atoms with E-state index in [1.54, 1.807) is 37.3 Å². The van der Waals surface area contributed by atoms with Crippen LogP contribution in [0.3, 0.4) is 0 Å². The lowest BCUT2D eigenvalue weighted by Gasteiger charge is -2.25. The number of anilines is 2. The maximum atomic E-state index is 13.6. The number of methoxy groups -OCH3 is 1. The van der Waals surface area contributed by atoms with Gasteiger partial charge in [-0.25, -0.2) is 12.8 Å². The number of ether oxygens (including phenoxy) is 1. The maximum absolute atomic E-state index is 13.6. The number of nitrogens with zero attached hydrogens (tertiary/aromatic N) is 1. The van der Waals surface area contributed by atoms with Gasteiger partial charge in [0.15, 0.2) is 0 Å². The molecule has 0 bridgehead atoms. The largest absolute Gasteiger partial charge is 0.495 e. The van der Waals surface area contributed by atoms with Crippen LogP contribution >= 0.6 is 11.8 Å². The molecule has 3 aromatic rings. The van der Waals surface area contributed by atoms with Gasteiger partial charge in [0.1, 0.15) is 23.0 Å². The van der Waals surface area contributed by atoms with E-state index in [1.807, 2.05) is 12.3 Å². The van der Waals surface area contributed by atoms with Crippen LogP contribution in [0.2, 0.25) is 0 Å². The molecule has 32 heavy (non-hydrogen) atoms. The number of carbonyl (C=O) groups is 1. The highest BCUT2D eigenvalue weighted by Gasteiger charge is 2.30. The lowest BCUT2D eigenvalue weighted by molar-refractivity contribution is -0.114. The highest BCUT2D eigenvalue weighted by molar-refractivity contribution is 7.98. The van der Waals surface area contributed by atoms with Crippen molar-refractivity contribution in [3.8, 4) is 5.75 Å². The number of rotatable bonds is 8. The third kappa shape index (κ3) is 5.41. The molecule has 1 amide bonds. The van der Waals surface area contributed by atoms with Gasteiger partial charge in [0.2, 0.25) is 5.91 Å². The fraction of sp³-hybridized carbons (Fsp3) is 0.174. The number of aryl methyl sites for hydroxylation is 1. The number of benzene rings is 3. The average Bonchev–Trinajstić information content (AvgIpc) is 2.78. The van der Waals surface area contributed by atoms with Crippen molar-refractivity contribution >= 4 is 39.1 Å². The summed E-state index contributed by atoms with van der Waals surface area (Å²) >= 11 is 1.52. The molecule has 0 atom stereocenters. The van der Waals surface area contributed by atoms with Crippen molar-refractivity contribution in [3.63, 3.8) is 0 Å². The first-order valence-electron chi connectivity index (χ1n) is 9.61. The Morgan fingerprint density at radius 3 is 2.47 bits per heavy atom. The second kappa shape index (κ2) is 10.1. The van der Waals surface area contributed by atoms with Crippen LogP contribution in [-0.4, -0.2) is 34.2 Å². The second-order valence-corrected chi connectivity index (χ2v) is 9.63. The van der Waals surface area contributed by atoms with Crippen LogP contribution < -0.4 is 14.4 Å². The Labute approximate surface area is 191 Å². The molecule has 0 aromatic heterocycles. The van der Waals surface area contributed by atoms with Crippen molar-refractivity contribution in [2.45, 2.75) is 16.7 Å². The first-order valence-corrected chi connectivity index (χ1v) is 12.3. The third-order valence-electron chi connectivity index (χ3n) is 4.64. The molecule has 0 heterocycles. The molecule has 3 aromatic carbocycles. The molecule has 0 aliphatic rings. The van der Waals surface area contributed by atoms with Crippen LogP contribution in [0.15, 0.2) is 76.5 Å². The molecule has 0 fully saturated rings. The number of nitrogens with one attached hydrogen (secondary N) is 1. The summed E-state index contributed by atoms with van der Waals surface area (Å²) in [6.45, 7) is 1.25. The van der Waals surface area contributed by atoms with Crippen LogP contribution in [-0.2, 0) is 14.8 Å². The molecule has 168 valence electrons.